The van der Waals surface area contributed by atoms with Crippen molar-refractivity contribution in [2.45, 2.75) is 26.4 Å². The summed E-state index contributed by atoms with van der Waals surface area (Å²) in [4.78, 5) is 29.6. The molecular formula is C27H32N4O5. The van der Waals surface area contributed by atoms with Crippen molar-refractivity contribution < 1.29 is 23.8 Å². The van der Waals surface area contributed by atoms with Gasteiger partial charge >= 0.3 is 6.09 Å². The molecule has 4 rings (SSSR count). The summed E-state index contributed by atoms with van der Waals surface area (Å²) in [5.74, 6) is 1.04. The maximum atomic E-state index is 13.8. The highest BCUT2D eigenvalue weighted by Gasteiger charge is 2.31. The van der Waals surface area contributed by atoms with Gasteiger partial charge in [0.1, 0.15) is 22.8 Å². The van der Waals surface area contributed by atoms with Crippen LogP contribution in [-0.4, -0.2) is 77.6 Å². The lowest BCUT2D eigenvalue weighted by molar-refractivity contribution is 0.0141. The van der Waals surface area contributed by atoms with Crippen molar-refractivity contribution in [3.63, 3.8) is 0 Å². The van der Waals surface area contributed by atoms with E-state index in [9.17, 15) is 9.59 Å². The maximum Gasteiger partial charge on any atom is 0.410 e. The van der Waals surface area contributed by atoms with Crippen LogP contribution in [-0.2, 0) is 4.74 Å². The second kappa shape index (κ2) is 10.3. The molecule has 2 amide bonds. The normalized spacial score (nSPS) is 13.9. The summed E-state index contributed by atoms with van der Waals surface area (Å²) in [6.07, 6.45) is 1.37. The number of rotatable bonds is 5. The van der Waals surface area contributed by atoms with Gasteiger partial charge < -0.3 is 24.0 Å². The van der Waals surface area contributed by atoms with Crippen LogP contribution in [0.25, 0.3) is 16.9 Å². The Balaban J connectivity index is 1.66. The molecule has 2 heterocycles. The maximum absolute atomic E-state index is 13.8. The number of aromatic nitrogens is 2. The Kier molecular flexibility index (Phi) is 7.19. The summed E-state index contributed by atoms with van der Waals surface area (Å²) < 4.78 is 18.2. The first kappa shape index (κ1) is 25.1. The third-order valence-corrected chi connectivity index (χ3v) is 5.85. The van der Waals surface area contributed by atoms with Crippen molar-refractivity contribution >= 4 is 12.0 Å². The Morgan fingerprint density at radius 2 is 1.56 bits per heavy atom. The van der Waals surface area contributed by atoms with Crippen LogP contribution in [0.3, 0.4) is 0 Å². The van der Waals surface area contributed by atoms with Gasteiger partial charge in [0.25, 0.3) is 5.91 Å². The smallest absolute Gasteiger partial charge is 0.410 e. The molecule has 36 heavy (non-hydrogen) atoms. The molecule has 3 aromatic rings. The fourth-order valence-electron chi connectivity index (χ4n) is 4.03. The SMILES string of the molecule is COc1ccc(OC)c(-c2nn(-c3ccccc3)cc2C(=O)N2CCN(C(=O)OC(C)(C)C)CC2)c1. The van der Waals surface area contributed by atoms with Gasteiger partial charge in [0.2, 0.25) is 0 Å². The molecule has 1 aliphatic heterocycles. The molecule has 1 aliphatic rings. The van der Waals surface area contributed by atoms with Gasteiger partial charge in [-0.3, -0.25) is 4.79 Å². The fraction of sp³-hybridized carbons (Fsp3) is 0.370. The minimum absolute atomic E-state index is 0.166. The van der Waals surface area contributed by atoms with E-state index in [0.717, 1.165) is 5.69 Å². The van der Waals surface area contributed by atoms with Crippen molar-refractivity contribution in [2.24, 2.45) is 0 Å². The quantitative estimate of drug-likeness (QED) is 0.529. The zero-order valence-electron chi connectivity index (χ0n) is 21.4. The first-order valence-electron chi connectivity index (χ1n) is 11.8. The van der Waals surface area contributed by atoms with E-state index in [1.54, 1.807) is 47.0 Å². The number of nitrogens with zero attached hydrogens (tertiary/aromatic N) is 4. The second-order valence-corrected chi connectivity index (χ2v) is 9.50. The standard InChI is InChI=1S/C27H32N4O5/c1-27(2,3)36-26(33)30-15-13-29(14-16-30)25(32)22-18-31(19-9-7-6-8-10-19)28-24(22)21-17-20(34-4)11-12-23(21)35-5/h6-12,17-18H,13-16H2,1-5H3. The van der Waals surface area contributed by atoms with E-state index in [-0.39, 0.29) is 12.0 Å². The molecule has 0 aliphatic carbocycles. The van der Waals surface area contributed by atoms with Crippen LogP contribution >= 0.6 is 0 Å². The average molecular weight is 493 g/mol. The van der Waals surface area contributed by atoms with E-state index in [1.165, 1.54) is 0 Å². The lowest BCUT2D eigenvalue weighted by atomic mass is 10.1. The predicted molar refractivity (Wildman–Crippen MR) is 136 cm³/mol. The average Bonchev–Trinajstić information content (AvgIpc) is 3.33. The lowest BCUT2D eigenvalue weighted by Gasteiger charge is -2.35. The molecular weight excluding hydrogens is 460 g/mol. The molecule has 0 N–H and O–H groups in total. The Morgan fingerprint density at radius 1 is 0.889 bits per heavy atom. The number of ether oxygens (including phenoxy) is 3. The minimum Gasteiger partial charge on any atom is -0.497 e. The number of piperazine rings is 1. The first-order chi connectivity index (χ1) is 17.2. The number of benzene rings is 2. The summed E-state index contributed by atoms with van der Waals surface area (Å²) in [5.41, 5.74) is 1.85. The van der Waals surface area contributed by atoms with Gasteiger partial charge in [-0.2, -0.15) is 5.10 Å². The minimum atomic E-state index is -0.569. The van der Waals surface area contributed by atoms with Crippen LogP contribution in [0.2, 0.25) is 0 Å². The molecule has 9 nitrogen and oxygen atoms in total. The number of para-hydroxylation sites is 1. The summed E-state index contributed by atoms with van der Waals surface area (Å²) in [6.45, 7) is 7.08. The van der Waals surface area contributed by atoms with Crippen LogP contribution in [0.5, 0.6) is 11.5 Å². The first-order valence-corrected chi connectivity index (χ1v) is 11.8. The molecule has 0 radical (unpaired) electrons. The van der Waals surface area contributed by atoms with Crippen LogP contribution in [0.4, 0.5) is 4.79 Å². The number of carbonyl (C=O) groups excluding carboxylic acids is 2. The molecule has 1 fully saturated rings. The molecule has 0 unspecified atom stereocenters. The van der Waals surface area contributed by atoms with Crippen molar-refractivity contribution in [2.75, 3.05) is 40.4 Å². The third kappa shape index (κ3) is 5.45. The van der Waals surface area contributed by atoms with E-state index in [2.05, 4.69) is 0 Å². The Hall–Kier alpha value is -4.01. The number of methoxy groups -OCH3 is 2. The monoisotopic (exact) mass is 492 g/mol. The topological polar surface area (TPSA) is 86.1 Å². The number of hydrogen-bond acceptors (Lipinski definition) is 6. The van der Waals surface area contributed by atoms with Crippen LogP contribution in [0, 0.1) is 0 Å². The fourth-order valence-corrected chi connectivity index (χ4v) is 4.03. The van der Waals surface area contributed by atoms with Crippen LogP contribution < -0.4 is 9.47 Å². The van der Waals surface area contributed by atoms with E-state index in [1.807, 2.05) is 57.2 Å². The van der Waals surface area contributed by atoms with E-state index < -0.39 is 5.60 Å². The zero-order chi connectivity index (χ0) is 25.9. The largest absolute Gasteiger partial charge is 0.497 e. The molecule has 0 saturated carbocycles. The van der Waals surface area contributed by atoms with Gasteiger partial charge in [-0.25, -0.2) is 9.48 Å². The van der Waals surface area contributed by atoms with Crippen molar-refractivity contribution in [1.29, 1.82) is 0 Å². The predicted octanol–water partition coefficient (Wildman–Crippen LogP) is 4.25. The summed E-state index contributed by atoms with van der Waals surface area (Å²) in [7, 11) is 3.17. The van der Waals surface area contributed by atoms with E-state index in [0.29, 0.717) is 54.5 Å². The van der Waals surface area contributed by atoms with Crippen LogP contribution in [0.15, 0.2) is 54.7 Å². The Bertz CT molecular complexity index is 1220. The third-order valence-electron chi connectivity index (χ3n) is 5.85. The van der Waals surface area contributed by atoms with E-state index >= 15 is 0 Å². The summed E-state index contributed by atoms with van der Waals surface area (Å²) in [5, 5.41) is 4.78. The van der Waals surface area contributed by atoms with Gasteiger partial charge in [0, 0.05) is 37.9 Å². The summed E-state index contributed by atoms with van der Waals surface area (Å²) in [6, 6.07) is 15.0. The molecule has 2 aromatic carbocycles. The van der Waals surface area contributed by atoms with E-state index in [4.69, 9.17) is 19.3 Å². The number of hydrogen-bond donors (Lipinski definition) is 0. The van der Waals surface area contributed by atoms with Gasteiger partial charge in [0.15, 0.2) is 0 Å². The van der Waals surface area contributed by atoms with Gasteiger partial charge in [-0.15, -0.1) is 0 Å². The molecule has 190 valence electrons. The highest BCUT2D eigenvalue weighted by Crippen LogP contribution is 2.35. The Labute approximate surface area is 211 Å². The second-order valence-electron chi connectivity index (χ2n) is 9.50. The number of amides is 2. The lowest BCUT2D eigenvalue weighted by Crippen LogP contribution is -2.51. The highest BCUT2D eigenvalue weighted by atomic mass is 16.6. The highest BCUT2D eigenvalue weighted by molar-refractivity contribution is 6.00. The Morgan fingerprint density at radius 3 is 2.17 bits per heavy atom. The van der Waals surface area contributed by atoms with Gasteiger partial charge in [-0.05, 0) is 51.1 Å². The molecule has 1 aromatic heterocycles. The molecule has 0 bridgehead atoms. The van der Waals surface area contributed by atoms with Gasteiger partial charge in [-0.1, -0.05) is 18.2 Å². The summed E-state index contributed by atoms with van der Waals surface area (Å²) >= 11 is 0. The van der Waals surface area contributed by atoms with Crippen molar-refractivity contribution in [1.82, 2.24) is 19.6 Å². The van der Waals surface area contributed by atoms with Crippen LogP contribution in [0.1, 0.15) is 31.1 Å². The van der Waals surface area contributed by atoms with Gasteiger partial charge in [0.05, 0.1) is 25.5 Å². The van der Waals surface area contributed by atoms with Crippen molar-refractivity contribution in [3.8, 4) is 28.4 Å². The molecule has 9 heteroatoms. The molecule has 1 saturated heterocycles. The zero-order valence-corrected chi connectivity index (χ0v) is 21.4. The number of carbonyl (C=O) groups is 2. The molecule has 0 spiro atoms. The van der Waals surface area contributed by atoms with Crippen molar-refractivity contribution in [3.05, 3.63) is 60.3 Å². The molecule has 0 atom stereocenters.